The molecule has 1 aliphatic rings. The lowest BCUT2D eigenvalue weighted by molar-refractivity contribution is 0.616. The summed E-state index contributed by atoms with van der Waals surface area (Å²) in [4.78, 5) is 2.11. The van der Waals surface area contributed by atoms with E-state index in [0.717, 1.165) is 25.1 Å². The van der Waals surface area contributed by atoms with Gasteiger partial charge in [0.05, 0.1) is 4.47 Å². The lowest BCUT2D eigenvalue weighted by atomic mass is 10.0. The number of hydrogen-bond acceptors (Lipinski definition) is 1. The molecule has 0 aromatic heterocycles. The number of halogens is 2. The topological polar surface area (TPSA) is 3.24 Å². The van der Waals surface area contributed by atoms with Gasteiger partial charge in [0.15, 0.2) is 0 Å². The minimum atomic E-state index is -0.174. The Morgan fingerprint density at radius 2 is 2.23 bits per heavy atom. The molecule has 0 aliphatic carbocycles. The Labute approximate surface area is 85.7 Å². The first-order valence-corrected chi connectivity index (χ1v) is 5.17. The second kappa shape index (κ2) is 3.29. The Balaban J connectivity index is 2.52. The average Bonchev–Trinajstić information content (AvgIpc) is 2.09. The van der Waals surface area contributed by atoms with E-state index in [-0.39, 0.29) is 5.82 Å². The summed E-state index contributed by atoms with van der Waals surface area (Å²) in [6, 6.07) is 3.50. The first kappa shape index (κ1) is 9.00. The lowest BCUT2D eigenvalue weighted by Gasteiger charge is -2.27. The molecule has 1 nitrogen and oxygen atoms in total. The molecule has 0 bridgehead atoms. The standard InChI is InChI=1S/C10H11BrFN/c1-13-4-2-3-7-5-8(11)9(12)6-10(7)13/h5-6H,2-4H2,1H3. The van der Waals surface area contributed by atoms with E-state index in [2.05, 4.69) is 20.8 Å². The van der Waals surface area contributed by atoms with Crippen LogP contribution in [0.1, 0.15) is 12.0 Å². The van der Waals surface area contributed by atoms with Gasteiger partial charge in [-0.3, -0.25) is 0 Å². The Morgan fingerprint density at radius 1 is 1.46 bits per heavy atom. The first-order chi connectivity index (χ1) is 6.18. The summed E-state index contributed by atoms with van der Waals surface area (Å²) >= 11 is 3.20. The lowest BCUT2D eigenvalue weighted by Crippen LogP contribution is -2.24. The molecule has 0 amide bonds. The highest BCUT2D eigenvalue weighted by Gasteiger charge is 2.15. The van der Waals surface area contributed by atoms with Crippen molar-refractivity contribution in [2.75, 3.05) is 18.5 Å². The van der Waals surface area contributed by atoms with Gasteiger partial charge in [0.25, 0.3) is 0 Å². The Kier molecular flexibility index (Phi) is 2.28. The molecule has 70 valence electrons. The summed E-state index contributed by atoms with van der Waals surface area (Å²) in [5, 5.41) is 0. The van der Waals surface area contributed by atoms with Crippen LogP contribution in [-0.2, 0) is 6.42 Å². The zero-order valence-corrected chi connectivity index (χ0v) is 9.07. The van der Waals surface area contributed by atoms with Gasteiger partial charge in [-0.1, -0.05) is 0 Å². The van der Waals surface area contributed by atoms with E-state index >= 15 is 0 Å². The van der Waals surface area contributed by atoms with Gasteiger partial charge in [-0.2, -0.15) is 0 Å². The van der Waals surface area contributed by atoms with Crippen molar-refractivity contribution in [3.8, 4) is 0 Å². The van der Waals surface area contributed by atoms with E-state index in [1.54, 1.807) is 6.07 Å². The van der Waals surface area contributed by atoms with Crippen LogP contribution in [-0.4, -0.2) is 13.6 Å². The molecule has 0 spiro atoms. The number of nitrogens with zero attached hydrogens (tertiary/aromatic N) is 1. The van der Waals surface area contributed by atoms with Gasteiger partial charge in [0.2, 0.25) is 0 Å². The maximum absolute atomic E-state index is 13.2. The molecular weight excluding hydrogens is 233 g/mol. The molecule has 1 heterocycles. The molecular formula is C10H11BrFN. The van der Waals surface area contributed by atoms with Crippen molar-refractivity contribution in [2.24, 2.45) is 0 Å². The molecule has 0 fully saturated rings. The number of benzene rings is 1. The van der Waals surface area contributed by atoms with Crippen LogP contribution in [0.4, 0.5) is 10.1 Å². The maximum atomic E-state index is 13.2. The summed E-state index contributed by atoms with van der Waals surface area (Å²) in [6.45, 7) is 1.02. The minimum absolute atomic E-state index is 0.174. The van der Waals surface area contributed by atoms with Crippen LogP contribution in [0.5, 0.6) is 0 Å². The van der Waals surface area contributed by atoms with Crippen LogP contribution in [0.3, 0.4) is 0 Å². The molecule has 1 aliphatic heterocycles. The van der Waals surface area contributed by atoms with Gasteiger partial charge in [-0.15, -0.1) is 0 Å². The number of anilines is 1. The van der Waals surface area contributed by atoms with Crippen molar-refractivity contribution in [1.29, 1.82) is 0 Å². The van der Waals surface area contributed by atoms with Crippen LogP contribution < -0.4 is 4.90 Å². The molecule has 0 atom stereocenters. The SMILES string of the molecule is CN1CCCc2cc(Br)c(F)cc21. The summed E-state index contributed by atoms with van der Waals surface area (Å²) < 4.78 is 13.8. The predicted molar refractivity (Wildman–Crippen MR) is 55.7 cm³/mol. The molecule has 0 N–H and O–H groups in total. The van der Waals surface area contributed by atoms with Crippen LogP contribution in [0, 0.1) is 5.82 Å². The smallest absolute Gasteiger partial charge is 0.139 e. The summed E-state index contributed by atoms with van der Waals surface area (Å²) in [7, 11) is 2.01. The van der Waals surface area contributed by atoms with Crippen LogP contribution in [0.15, 0.2) is 16.6 Å². The van der Waals surface area contributed by atoms with Crippen molar-refractivity contribution >= 4 is 21.6 Å². The number of aryl methyl sites for hydroxylation is 1. The Bertz CT molecular complexity index is 338. The Hall–Kier alpha value is -0.570. The number of rotatable bonds is 0. The zero-order chi connectivity index (χ0) is 9.42. The fourth-order valence-corrected chi connectivity index (χ4v) is 2.15. The quantitative estimate of drug-likeness (QED) is 0.678. The monoisotopic (exact) mass is 243 g/mol. The van der Waals surface area contributed by atoms with E-state index < -0.39 is 0 Å². The predicted octanol–water partition coefficient (Wildman–Crippen LogP) is 2.97. The molecule has 0 saturated carbocycles. The summed E-state index contributed by atoms with van der Waals surface area (Å²) in [5.74, 6) is -0.174. The van der Waals surface area contributed by atoms with Gasteiger partial charge in [-0.05, 0) is 46.5 Å². The minimum Gasteiger partial charge on any atom is -0.374 e. The summed E-state index contributed by atoms with van der Waals surface area (Å²) in [5.41, 5.74) is 2.27. The van der Waals surface area contributed by atoms with Gasteiger partial charge in [0.1, 0.15) is 5.82 Å². The normalized spacial score (nSPS) is 15.8. The Morgan fingerprint density at radius 3 is 3.00 bits per heavy atom. The third kappa shape index (κ3) is 1.57. The highest BCUT2D eigenvalue weighted by atomic mass is 79.9. The van der Waals surface area contributed by atoms with E-state index in [1.807, 2.05) is 13.1 Å². The average molecular weight is 244 g/mol. The van der Waals surface area contributed by atoms with E-state index in [1.165, 1.54) is 5.56 Å². The zero-order valence-electron chi connectivity index (χ0n) is 7.48. The van der Waals surface area contributed by atoms with Crippen LogP contribution >= 0.6 is 15.9 Å². The van der Waals surface area contributed by atoms with Gasteiger partial charge >= 0.3 is 0 Å². The number of fused-ring (bicyclic) bond motifs is 1. The second-order valence-electron chi connectivity index (χ2n) is 3.42. The maximum Gasteiger partial charge on any atom is 0.139 e. The van der Waals surface area contributed by atoms with Crippen molar-refractivity contribution in [3.63, 3.8) is 0 Å². The molecule has 2 rings (SSSR count). The van der Waals surface area contributed by atoms with Gasteiger partial charge in [0, 0.05) is 19.3 Å². The summed E-state index contributed by atoms with van der Waals surface area (Å²) in [6.07, 6.45) is 2.21. The fraction of sp³-hybridized carbons (Fsp3) is 0.400. The largest absolute Gasteiger partial charge is 0.374 e. The third-order valence-corrected chi connectivity index (χ3v) is 3.08. The van der Waals surface area contributed by atoms with Crippen molar-refractivity contribution < 1.29 is 4.39 Å². The van der Waals surface area contributed by atoms with Crippen LogP contribution in [0.25, 0.3) is 0 Å². The van der Waals surface area contributed by atoms with Crippen molar-refractivity contribution in [2.45, 2.75) is 12.8 Å². The van der Waals surface area contributed by atoms with E-state index in [4.69, 9.17) is 0 Å². The highest BCUT2D eigenvalue weighted by Crippen LogP contribution is 2.30. The van der Waals surface area contributed by atoms with Crippen molar-refractivity contribution in [3.05, 3.63) is 28.0 Å². The molecule has 1 aromatic rings. The molecule has 3 heteroatoms. The van der Waals surface area contributed by atoms with E-state index in [0.29, 0.717) is 4.47 Å². The second-order valence-corrected chi connectivity index (χ2v) is 4.27. The van der Waals surface area contributed by atoms with Crippen LogP contribution in [0.2, 0.25) is 0 Å². The molecule has 1 aromatic carbocycles. The molecule has 0 unspecified atom stereocenters. The highest BCUT2D eigenvalue weighted by molar-refractivity contribution is 9.10. The molecule has 0 radical (unpaired) electrons. The first-order valence-electron chi connectivity index (χ1n) is 4.37. The molecule has 0 saturated heterocycles. The van der Waals surface area contributed by atoms with E-state index in [9.17, 15) is 4.39 Å². The van der Waals surface area contributed by atoms with Gasteiger partial charge in [-0.25, -0.2) is 4.39 Å². The fourth-order valence-electron chi connectivity index (χ4n) is 1.76. The van der Waals surface area contributed by atoms with Gasteiger partial charge < -0.3 is 4.90 Å². The number of hydrogen-bond donors (Lipinski definition) is 0. The third-order valence-electron chi connectivity index (χ3n) is 2.47. The molecule has 13 heavy (non-hydrogen) atoms. The van der Waals surface area contributed by atoms with Crippen molar-refractivity contribution in [1.82, 2.24) is 0 Å².